The molecule has 0 aliphatic heterocycles. The van der Waals surface area contributed by atoms with Gasteiger partial charge in [0, 0.05) is 0 Å². The first kappa shape index (κ1) is 11.4. The minimum Gasteiger partial charge on any atom is -0.486 e. The molecule has 0 saturated carbocycles. The second-order valence-corrected chi connectivity index (χ2v) is 3.10. The number of para-hydroxylation sites is 1. The van der Waals surface area contributed by atoms with Crippen LogP contribution in [0, 0.1) is 6.92 Å². The van der Waals surface area contributed by atoms with Crippen molar-refractivity contribution in [2.75, 3.05) is 13.2 Å². The van der Waals surface area contributed by atoms with E-state index < -0.39 is 0 Å². The van der Waals surface area contributed by atoms with E-state index in [4.69, 9.17) is 9.47 Å². The van der Waals surface area contributed by atoms with Crippen LogP contribution in [0.1, 0.15) is 5.56 Å². The van der Waals surface area contributed by atoms with Gasteiger partial charge in [0.05, 0.1) is 0 Å². The van der Waals surface area contributed by atoms with E-state index in [1.54, 1.807) is 12.2 Å². The Balaban J connectivity index is 2.86. The van der Waals surface area contributed by atoms with Gasteiger partial charge in [-0.15, -0.1) is 0 Å². The fourth-order valence-electron chi connectivity index (χ4n) is 1.22. The molecule has 2 nitrogen and oxygen atoms in total. The smallest absolute Gasteiger partial charge is 0.164 e. The molecular weight excluding hydrogens is 188 g/mol. The van der Waals surface area contributed by atoms with Crippen LogP contribution in [0.2, 0.25) is 0 Å². The number of ether oxygens (including phenoxy) is 2. The van der Waals surface area contributed by atoms with Crippen molar-refractivity contribution in [1.82, 2.24) is 0 Å². The molecule has 0 saturated heterocycles. The average molecular weight is 204 g/mol. The van der Waals surface area contributed by atoms with E-state index in [0.717, 1.165) is 17.1 Å². The third-order valence-electron chi connectivity index (χ3n) is 1.88. The van der Waals surface area contributed by atoms with Crippen LogP contribution in [0.25, 0.3) is 0 Å². The van der Waals surface area contributed by atoms with Gasteiger partial charge in [-0.1, -0.05) is 37.4 Å². The van der Waals surface area contributed by atoms with Crippen LogP contribution in [0.15, 0.2) is 43.5 Å². The number of aryl methyl sites for hydroxylation is 1. The first-order valence-corrected chi connectivity index (χ1v) is 4.86. The Morgan fingerprint density at radius 3 is 2.47 bits per heavy atom. The molecule has 0 aromatic heterocycles. The summed E-state index contributed by atoms with van der Waals surface area (Å²) in [5, 5.41) is 0. The third-order valence-corrected chi connectivity index (χ3v) is 1.88. The predicted molar refractivity (Wildman–Crippen MR) is 62.6 cm³/mol. The highest BCUT2D eigenvalue weighted by Crippen LogP contribution is 2.30. The van der Waals surface area contributed by atoms with Crippen LogP contribution in [0.5, 0.6) is 11.5 Å². The molecule has 1 rings (SSSR count). The van der Waals surface area contributed by atoms with Gasteiger partial charge < -0.3 is 9.47 Å². The largest absolute Gasteiger partial charge is 0.486 e. The van der Waals surface area contributed by atoms with Crippen molar-refractivity contribution in [2.24, 2.45) is 0 Å². The number of rotatable bonds is 6. The summed E-state index contributed by atoms with van der Waals surface area (Å²) in [5.41, 5.74) is 1.05. The summed E-state index contributed by atoms with van der Waals surface area (Å²) in [6, 6.07) is 5.81. The monoisotopic (exact) mass is 204 g/mol. The lowest BCUT2D eigenvalue weighted by Crippen LogP contribution is -2.00. The molecule has 0 heterocycles. The molecule has 0 bridgehead atoms. The van der Waals surface area contributed by atoms with E-state index in [9.17, 15) is 0 Å². The maximum absolute atomic E-state index is 5.54. The second-order valence-electron chi connectivity index (χ2n) is 3.10. The van der Waals surface area contributed by atoms with Crippen LogP contribution >= 0.6 is 0 Å². The third kappa shape index (κ3) is 3.17. The zero-order chi connectivity index (χ0) is 11.1. The molecule has 80 valence electrons. The van der Waals surface area contributed by atoms with E-state index in [2.05, 4.69) is 13.2 Å². The highest BCUT2D eigenvalue weighted by molar-refractivity contribution is 5.46. The maximum atomic E-state index is 5.54. The quantitative estimate of drug-likeness (QED) is 0.663. The van der Waals surface area contributed by atoms with Crippen LogP contribution in [0.3, 0.4) is 0 Å². The minimum atomic E-state index is 0.480. The van der Waals surface area contributed by atoms with E-state index in [1.165, 1.54) is 0 Å². The fourth-order valence-corrected chi connectivity index (χ4v) is 1.22. The Bertz CT molecular complexity index is 342. The van der Waals surface area contributed by atoms with Crippen LogP contribution in [-0.2, 0) is 0 Å². The summed E-state index contributed by atoms with van der Waals surface area (Å²) in [5.74, 6) is 1.52. The maximum Gasteiger partial charge on any atom is 0.164 e. The Labute approximate surface area is 90.8 Å². The SMILES string of the molecule is C=CCOc1cccc(C)c1OCC=C. The van der Waals surface area contributed by atoms with Gasteiger partial charge >= 0.3 is 0 Å². The van der Waals surface area contributed by atoms with Gasteiger partial charge in [-0.25, -0.2) is 0 Å². The molecule has 0 spiro atoms. The van der Waals surface area contributed by atoms with Gasteiger partial charge in [0.15, 0.2) is 11.5 Å². The molecule has 0 N–H and O–H groups in total. The van der Waals surface area contributed by atoms with Gasteiger partial charge in [-0.2, -0.15) is 0 Å². The van der Waals surface area contributed by atoms with Gasteiger partial charge in [0.25, 0.3) is 0 Å². The van der Waals surface area contributed by atoms with E-state index in [-0.39, 0.29) is 0 Å². The van der Waals surface area contributed by atoms with Crippen molar-refractivity contribution < 1.29 is 9.47 Å². The van der Waals surface area contributed by atoms with Gasteiger partial charge in [-0.3, -0.25) is 0 Å². The van der Waals surface area contributed by atoms with E-state index in [0.29, 0.717) is 13.2 Å². The van der Waals surface area contributed by atoms with Crippen molar-refractivity contribution in [3.63, 3.8) is 0 Å². The van der Waals surface area contributed by atoms with Crippen molar-refractivity contribution in [3.8, 4) is 11.5 Å². The normalized spacial score (nSPS) is 9.40. The van der Waals surface area contributed by atoms with Crippen molar-refractivity contribution in [2.45, 2.75) is 6.92 Å². The van der Waals surface area contributed by atoms with Crippen LogP contribution < -0.4 is 9.47 Å². The molecule has 2 heteroatoms. The highest BCUT2D eigenvalue weighted by atomic mass is 16.5. The topological polar surface area (TPSA) is 18.5 Å². The molecule has 0 unspecified atom stereocenters. The predicted octanol–water partition coefficient (Wildman–Crippen LogP) is 3.12. The van der Waals surface area contributed by atoms with Crippen LogP contribution in [-0.4, -0.2) is 13.2 Å². The Kier molecular flexibility index (Phi) is 4.48. The van der Waals surface area contributed by atoms with E-state index >= 15 is 0 Å². The Morgan fingerprint density at radius 2 is 1.80 bits per heavy atom. The minimum absolute atomic E-state index is 0.480. The molecule has 0 aliphatic carbocycles. The van der Waals surface area contributed by atoms with E-state index in [1.807, 2.05) is 25.1 Å². The molecule has 0 fully saturated rings. The van der Waals surface area contributed by atoms with Gasteiger partial charge in [0.1, 0.15) is 13.2 Å². The first-order chi connectivity index (χ1) is 7.29. The van der Waals surface area contributed by atoms with Crippen molar-refractivity contribution in [3.05, 3.63) is 49.1 Å². The standard InChI is InChI=1S/C13H16O2/c1-4-9-14-12-8-6-7-11(3)13(12)15-10-5-2/h4-8H,1-2,9-10H2,3H3. The second kappa shape index (κ2) is 5.91. The Morgan fingerprint density at radius 1 is 1.13 bits per heavy atom. The lowest BCUT2D eigenvalue weighted by atomic mass is 10.2. The van der Waals surface area contributed by atoms with Crippen LogP contribution in [0.4, 0.5) is 0 Å². The Hall–Kier alpha value is -1.70. The first-order valence-electron chi connectivity index (χ1n) is 4.86. The van der Waals surface area contributed by atoms with Gasteiger partial charge in [-0.05, 0) is 18.6 Å². The zero-order valence-corrected chi connectivity index (χ0v) is 9.03. The van der Waals surface area contributed by atoms with Crippen molar-refractivity contribution in [1.29, 1.82) is 0 Å². The lowest BCUT2D eigenvalue weighted by molar-refractivity contribution is 0.306. The van der Waals surface area contributed by atoms with Gasteiger partial charge in [0.2, 0.25) is 0 Å². The molecular formula is C13H16O2. The molecule has 0 radical (unpaired) electrons. The summed E-state index contributed by atoms with van der Waals surface area (Å²) >= 11 is 0. The zero-order valence-electron chi connectivity index (χ0n) is 9.03. The summed E-state index contributed by atoms with van der Waals surface area (Å²) in [4.78, 5) is 0. The fraction of sp³-hybridized carbons (Fsp3) is 0.231. The molecule has 0 aliphatic rings. The summed E-state index contributed by atoms with van der Waals surface area (Å²) in [7, 11) is 0. The lowest BCUT2D eigenvalue weighted by Gasteiger charge is -2.12. The highest BCUT2D eigenvalue weighted by Gasteiger charge is 2.06. The number of benzene rings is 1. The summed E-state index contributed by atoms with van der Waals surface area (Å²) < 4.78 is 11.0. The summed E-state index contributed by atoms with van der Waals surface area (Å²) in [6.45, 7) is 10.2. The average Bonchev–Trinajstić information content (AvgIpc) is 2.25. The number of hydrogen-bond donors (Lipinski definition) is 0. The van der Waals surface area contributed by atoms with Crippen molar-refractivity contribution >= 4 is 0 Å². The number of hydrogen-bond acceptors (Lipinski definition) is 2. The molecule has 1 aromatic rings. The molecule has 0 atom stereocenters. The molecule has 0 amide bonds. The molecule has 1 aromatic carbocycles. The summed E-state index contributed by atoms with van der Waals surface area (Å²) in [6.07, 6.45) is 3.42. The molecule has 15 heavy (non-hydrogen) atoms.